The van der Waals surface area contributed by atoms with Crippen LogP contribution in [0.15, 0.2) is 18.2 Å². The van der Waals surface area contributed by atoms with Gasteiger partial charge >= 0.3 is 0 Å². The average Bonchev–Trinajstić information content (AvgIpc) is 1.85. The minimum atomic E-state index is 0.674. The van der Waals surface area contributed by atoms with Gasteiger partial charge in [-0.15, -0.1) is 0 Å². The van der Waals surface area contributed by atoms with E-state index in [2.05, 4.69) is 41.5 Å². The summed E-state index contributed by atoms with van der Waals surface area (Å²) in [6.07, 6.45) is 0. The molecule has 2 heteroatoms. The lowest BCUT2D eigenvalue weighted by Crippen LogP contribution is -1.86. The molecule has 0 fully saturated rings. The third kappa shape index (κ3) is 2.61. The van der Waals surface area contributed by atoms with E-state index in [-0.39, 0.29) is 0 Å². The summed E-state index contributed by atoms with van der Waals surface area (Å²) in [5.74, 6) is 0. The van der Waals surface area contributed by atoms with Crippen molar-refractivity contribution in [2.75, 3.05) is 0 Å². The van der Waals surface area contributed by atoms with Crippen molar-refractivity contribution in [3.63, 3.8) is 0 Å². The van der Waals surface area contributed by atoms with Gasteiger partial charge in [0.05, 0.1) is 6.61 Å². The maximum absolute atomic E-state index is 4.95. The SMILES string of the molecule is Cc1cc(C)cc(COP)c1. The lowest BCUT2D eigenvalue weighted by atomic mass is 10.1. The van der Waals surface area contributed by atoms with Gasteiger partial charge in [0, 0.05) is 9.47 Å². The molecular formula is C9H13OP. The highest BCUT2D eigenvalue weighted by Gasteiger charge is 1.93. The maximum Gasteiger partial charge on any atom is 0.0752 e. The Hall–Kier alpha value is -0.390. The largest absolute Gasteiger partial charge is 0.361 e. The van der Waals surface area contributed by atoms with Gasteiger partial charge in [-0.2, -0.15) is 0 Å². The van der Waals surface area contributed by atoms with Gasteiger partial charge in [-0.1, -0.05) is 29.3 Å². The van der Waals surface area contributed by atoms with Crippen LogP contribution in [0, 0.1) is 13.8 Å². The predicted molar refractivity (Wildman–Crippen MR) is 50.4 cm³/mol. The first kappa shape index (κ1) is 8.70. The first-order valence-corrected chi connectivity index (χ1v) is 4.08. The van der Waals surface area contributed by atoms with E-state index in [1.165, 1.54) is 16.7 Å². The second-order valence-electron chi connectivity index (χ2n) is 2.81. The fourth-order valence-electron chi connectivity index (χ4n) is 1.25. The molecule has 0 bridgehead atoms. The van der Waals surface area contributed by atoms with Crippen LogP contribution in [0.5, 0.6) is 0 Å². The van der Waals surface area contributed by atoms with Gasteiger partial charge < -0.3 is 4.52 Å². The number of hydrogen-bond acceptors (Lipinski definition) is 1. The fourth-order valence-corrected chi connectivity index (χ4v) is 1.44. The average molecular weight is 168 g/mol. The Morgan fingerprint density at radius 3 is 2.18 bits per heavy atom. The lowest BCUT2D eigenvalue weighted by molar-refractivity contribution is 0.361. The number of aryl methyl sites for hydroxylation is 2. The Bertz CT molecular complexity index is 225. The second-order valence-corrected chi connectivity index (χ2v) is 3.14. The highest BCUT2D eigenvalue weighted by molar-refractivity contribution is 7.09. The first-order valence-electron chi connectivity index (χ1n) is 3.61. The van der Waals surface area contributed by atoms with Crippen LogP contribution >= 0.6 is 9.47 Å². The van der Waals surface area contributed by atoms with E-state index in [1.807, 2.05) is 0 Å². The van der Waals surface area contributed by atoms with Gasteiger partial charge in [0.2, 0.25) is 0 Å². The van der Waals surface area contributed by atoms with Crippen LogP contribution in [0.2, 0.25) is 0 Å². The summed E-state index contributed by atoms with van der Waals surface area (Å²) in [4.78, 5) is 0. The van der Waals surface area contributed by atoms with Gasteiger partial charge in [-0.05, 0) is 19.4 Å². The molecule has 1 rings (SSSR count). The number of rotatable bonds is 2. The van der Waals surface area contributed by atoms with E-state index in [0.717, 1.165) is 0 Å². The minimum Gasteiger partial charge on any atom is -0.361 e. The molecule has 0 saturated carbocycles. The van der Waals surface area contributed by atoms with Gasteiger partial charge in [-0.3, -0.25) is 0 Å². The molecule has 11 heavy (non-hydrogen) atoms. The Kier molecular flexibility index (Phi) is 3.04. The van der Waals surface area contributed by atoms with E-state index in [9.17, 15) is 0 Å². The van der Waals surface area contributed by atoms with Gasteiger partial charge in [0.1, 0.15) is 0 Å². The van der Waals surface area contributed by atoms with Crippen molar-refractivity contribution in [1.82, 2.24) is 0 Å². The van der Waals surface area contributed by atoms with Crippen molar-refractivity contribution < 1.29 is 4.52 Å². The van der Waals surface area contributed by atoms with E-state index in [1.54, 1.807) is 0 Å². The molecule has 0 aliphatic carbocycles. The van der Waals surface area contributed by atoms with Crippen molar-refractivity contribution in [3.05, 3.63) is 34.9 Å². The number of benzene rings is 1. The normalized spacial score (nSPS) is 10.1. The quantitative estimate of drug-likeness (QED) is 0.617. The highest BCUT2D eigenvalue weighted by atomic mass is 31.0. The van der Waals surface area contributed by atoms with Crippen LogP contribution in [0.3, 0.4) is 0 Å². The molecule has 60 valence electrons. The van der Waals surface area contributed by atoms with E-state index < -0.39 is 0 Å². The third-order valence-electron chi connectivity index (χ3n) is 1.53. The topological polar surface area (TPSA) is 9.23 Å². The van der Waals surface area contributed by atoms with Gasteiger partial charge in [0.25, 0.3) is 0 Å². The molecule has 0 N–H and O–H groups in total. The number of hydrogen-bond donors (Lipinski definition) is 0. The zero-order valence-corrected chi connectivity index (χ0v) is 8.08. The van der Waals surface area contributed by atoms with Gasteiger partial charge in [-0.25, -0.2) is 0 Å². The third-order valence-corrected chi connectivity index (χ3v) is 1.70. The summed E-state index contributed by atoms with van der Waals surface area (Å²) in [6, 6.07) is 6.43. The summed E-state index contributed by atoms with van der Waals surface area (Å²) < 4.78 is 4.95. The first-order chi connectivity index (χ1) is 5.22. The Morgan fingerprint density at radius 2 is 1.73 bits per heavy atom. The summed E-state index contributed by atoms with van der Waals surface area (Å²) in [6.45, 7) is 4.87. The fraction of sp³-hybridized carbons (Fsp3) is 0.333. The molecule has 0 aromatic heterocycles. The smallest absolute Gasteiger partial charge is 0.0752 e. The van der Waals surface area contributed by atoms with E-state index in [0.29, 0.717) is 6.61 Å². The van der Waals surface area contributed by atoms with Crippen LogP contribution in [-0.2, 0) is 11.1 Å². The molecule has 1 atom stereocenters. The molecule has 0 radical (unpaired) electrons. The predicted octanol–water partition coefficient (Wildman–Crippen LogP) is 2.61. The summed E-state index contributed by atoms with van der Waals surface area (Å²) >= 11 is 0. The van der Waals surface area contributed by atoms with Gasteiger partial charge in [0.15, 0.2) is 0 Å². The summed E-state index contributed by atoms with van der Waals surface area (Å²) in [5.41, 5.74) is 3.82. The maximum atomic E-state index is 4.95. The molecule has 1 aromatic rings. The van der Waals surface area contributed by atoms with Crippen molar-refractivity contribution in [2.24, 2.45) is 0 Å². The van der Waals surface area contributed by atoms with Crippen LogP contribution in [0.25, 0.3) is 0 Å². The molecule has 0 saturated heterocycles. The standard InChI is InChI=1S/C9H13OP/c1-7-3-8(2)5-9(4-7)6-10-11/h3-5H,6,11H2,1-2H3. The van der Waals surface area contributed by atoms with E-state index >= 15 is 0 Å². The molecular weight excluding hydrogens is 155 g/mol. The zero-order chi connectivity index (χ0) is 8.27. The minimum absolute atomic E-state index is 0.674. The molecule has 1 unspecified atom stereocenters. The molecule has 0 heterocycles. The van der Waals surface area contributed by atoms with Crippen molar-refractivity contribution in [3.8, 4) is 0 Å². The van der Waals surface area contributed by atoms with Crippen molar-refractivity contribution >= 4 is 9.47 Å². The van der Waals surface area contributed by atoms with Crippen LogP contribution < -0.4 is 0 Å². The Labute approximate surface area is 70.1 Å². The van der Waals surface area contributed by atoms with Crippen LogP contribution in [-0.4, -0.2) is 0 Å². The summed E-state index contributed by atoms with van der Waals surface area (Å²) in [5, 5.41) is 0. The van der Waals surface area contributed by atoms with Crippen molar-refractivity contribution in [1.29, 1.82) is 0 Å². The highest BCUT2D eigenvalue weighted by Crippen LogP contribution is 2.10. The molecule has 0 aliphatic heterocycles. The summed E-state index contributed by atoms with van der Waals surface area (Å²) in [7, 11) is 2.26. The Morgan fingerprint density at radius 1 is 1.18 bits per heavy atom. The van der Waals surface area contributed by atoms with Crippen LogP contribution in [0.1, 0.15) is 16.7 Å². The van der Waals surface area contributed by atoms with Crippen molar-refractivity contribution in [2.45, 2.75) is 20.5 Å². The molecule has 0 amide bonds. The molecule has 1 nitrogen and oxygen atoms in total. The van der Waals surface area contributed by atoms with Crippen LogP contribution in [0.4, 0.5) is 0 Å². The zero-order valence-electron chi connectivity index (χ0n) is 6.92. The second kappa shape index (κ2) is 3.85. The van der Waals surface area contributed by atoms with E-state index in [4.69, 9.17) is 4.52 Å². The molecule has 0 spiro atoms. The monoisotopic (exact) mass is 168 g/mol. The molecule has 1 aromatic carbocycles. The Balaban J connectivity index is 2.89. The lowest BCUT2D eigenvalue weighted by Gasteiger charge is -2.02. The molecule has 0 aliphatic rings.